The largest absolute Gasteiger partial charge is 0.507 e. The quantitative estimate of drug-likeness (QED) is 0.403. The number of carbonyl (C=O) groups is 1. The van der Waals surface area contributed by atoms with Gasteiger partial charge in [-0.3, -0.25) is 4.79 Å². The van der Waals surface area contributed by atoms with Crippen LogP contribution in [0.4, 0.5) is 5.69 Å². The number of anilines is 1. The van der Waals surface area contributed by atoms with Gasteiger partial charge in [0.1, 0.15) is 5.75 Å². The van der Waals surface area contributed by atoms with Gasteiger partial charge in [-0.15, -0.1) is 11.8 Å². The van der Waals surface area contributed by atoms with Crippen molar-refractivity contribution in [2.24, 2.45) is 5.10 Å². The van der Waals surface area contributed by atoms with Gasteiger partial charge in [0.05, 0.1) is 12.0 Å². The van der Waals surface area contributed by atoms with E-state index in [1.165, 1.54) is 18.0 Å². The second-order valence-electron chi connectivity index (χ2n) is 5.45. The van der Waals surface area contributed by atoms with E-state index >= 15 is 0 Å². The summed E-state index contributed by atoms with van der Waals surface area (Å²) in [6.45, 7) is 5.86. The van der Waals surface area contributed by atoms with Crippen LogP contribution in [0.3, 0.4) is 0 Å². The number of nitrogens with one attached hydrogen (secondary N) is 1. The smallest absolute Gasteiger partial charge is 0.250 e. The highest BCUT2D eigenvalue weighted by Crippen LogP contribution is 2.23. The van der Waals surface area contributed by atoms with E-state index in [1.54, 1.807) is 24.3 Å². The molecule has 0 saturated carbocycles. The summed E-state index contributed by atoms with van der Waals surface area (Å²) in [6, 6.07) is 12.7. The van der Waals surface area contributed by atoms with Crippen molar-refractivity contribution >= 4 is 41.2 Å². The minimum Gasteiger partial charge on any atom is -0.507 e. The molecule has 0 bridgehead atoms. The number of halogens is 1. The summed E-state index contributed by atoms with van der Waals surface area (Å²) in [5.74, 6) is 0.148. The second-order valence-corrected chi connectivity index (χ2v) is 6.94. The van der Waals surface area contributed by atoms with Gasteiger partial charge in [0.2, 0.25) is 5.91 Å². The second kappa shape index (κ2) is 10.1. The summed E-state index contributed by atoms with van der Waals surface area (Å²) < 4.78 is 0. The minimum absolute atomic E-state index is 0.128. The maximum Gasteiger partial charge on any atom is 0.250 e. The Balaban J connectivity index is 1.87. The fourth-order valence-corrected chi connectivity index (χ4v) is 3.13. The van der Waals surface area contributed by atoms with Crippen LogP contribution in [0.15, 0.2) is 52.5 Å². The zero-order valence-electron chi connectivity index (χ0n) is 14.8. The van der Waals surface area contributed by atoms with Crippen LogP contribution in [0.25, 0.3) is 0 Å². The topological polar surface area (TPSA) is 64.9 Å². The number of nitrogens with zero attached hydrogens (tertiary/aromatic N) is 2. The monoisotopic (exact) mass is 391 g/mol. The third-order valence-corrected chi connectivity index (χ3v) is 4.98. The zero-order chi connectivity index (χ0) is 18.9. The molecule has 2 rings (SSSR count). The van der Waals surface area contributed by atoms with Gasteiger partial charge >= 0.3 is 0 Å². The van der Waals surface area contributed by atoms with Crippen LogP contribution in [0.1, 0.15) is 19.4 Å². The molecule has 2 N–H and O–H groups in total. The molecule has 0 atom stereocenters. The Morgan fingerprint density at radius 3 is 2.54 bits per heavy atom. The summed E-state index contributed by atoms with van der Waals surface area (Å²) in [4.78, 5) is 14.9. The van der Waals surface area contributed by atoms with Gasteiger partial charge in [-0.1, -0.05) is 11.6 Å². The van der Waals surface area contributed by atoms with Crippen molar-refractivity contribution in [2.45, 2.75) is 18.7 Å². The Morgan fingerprint density at radius 2 is 1.92 bits per heavy atom. The first kappa shape index (κ1) is 20.1. The Bertz CT molecular complexity index is 762. The van der Waals surface area contributed by atoms with Gasteiger partial charge in [0.25, 0.3) is 0 Å². The average molecular weight is 392 g/mol. The van der Waals surface area contributed by atoms with E-state index in [1.807, 2.05) is 18.2 Å². The Hall–Kier alpha value is -2.18. The highest BCUT2D eigenvalue weighted by molar-refractivity contribution is 8.00. The Labute approximate surface area is 163 Å². The van der Waals surface area contributed by atoms with Crippen molar-refractivity contribution in [3.63, 3.8) is 0 Å². The SMILES string of the molecule is CCN(CC)c1ccc(/C=N\NC(=O)CSc2ccc(Cl)cc2)c(O)c1. The lowest BCUT2D eigenvalue weighted by molar-refractivity contribution is -0.118. The van der Waals surface area contributed by atoms with Gasteiger partial charge in [-0.25, -0.2) is 5.43 Å². The molecule has 0 spiro atoms. The molecule has 1 amide bonds. The van der Waals surface area contributed by atoms with Crippen LogP contribution in [0, 0.1) is 0 Å². The van der Waals surface area contributed by atoms with Crippen molar-refractivity contribution in [2.75, 3.05) is 23.7 Å². The van der Waals surface area contributed by atoms with Crippen LogP contribution >= 0.6 is 23.4 Å². The third kappa shape index (κ3) is 5.97. The molecule has 5 nitrogen and oxygen atoms in total. The van der Waals surface area contributed by atoms with E-state index in [4.69, 9.17) is 11.6 Å². The number of amides is 1. The van der Waals surface area contributed by atoms with E-state index in [0.29, 0.717) is 10.6 Å². The third-order valence-electron chi connectivity index (χ3n) is 3.72. The average Bonchev–Trinajstić information content (AvgIpc) is 2.64. The van der Waals surface area contributed by atoms with Gasteiger partial charge in [0.15, 0.2) is 0 Å². The maximum absolute atomic E-state index is 11.8. The predicted molar refractivity (Wildman–Crippen MR) is 110 cm³/mol. The van der Waals surface area contributed by atoms with Crippen LogP contribution in [0.2, 0.25) is 5.02 Å². The molecule has 0 heterocycles. The molecule has 0 saturated heterocycles. The van der Waals surface area contributed by atoms with Gasteiger partial charge in [-0.2, -0.15) is 5.10 Å². The fraction of sp³-hybridized carbons (Fsp3) is 0.263. The zero-order valence-corrected chi connectivity index (χ0v) is 16.3. The molecule has 0 aliphatic heterocycles. The number of phenols is 1. The molecule has 0 radical (unpaired) electrons. The lowest BCUT2D eigenvalue weighted by atomic mass is 10.2. The van der Waals surface area contributed by atoms with E-state index in [9.17, 15) is 9.90 Å². The number of phenolic OH excluding ortho intramolecular Hbond substituents is 1. The molecular formula is C19H22ClN3O2S. The van der Waals surface area contributed by atoms with Gasteiger partial charge < -0.3 is 10.0 Å². The number of benzene rings is 2. The lowest BCUT2D eigenvalue weighted by Crippen LogP contribution is -2.21. The number of hydrazone groups is 1. The first-order valence-corrected chi connectivity index (χ1v) is 9.68. The Kier molecular flexibility index (Phi) is 7.81. The van der Waals surface area contributed by atoms with Crippen molar-refractivity contribution in [3.8, 4) is 5.75 Å². The van der Waals surface area contributed by atoms with Crippen molar-refractivity contribution < 1.29 is 9.90 Å². The summed E-state index contributed by atoms with van der Waals surface area (Å²) in [5, 5.41) is 14.7. The van der Waals surface area contributed by atoms with Gasteiger partial charge in [0, 0.05) is 40.3 Å². The molecule has 26 heavy (non-hydrogen) atoms. The van der Waals surface area contributed by atoms with Crippen molar-refractivity contribution in [1.29, 1.82) is 0 Å². The molecule has 0 fully saturated rings. The number of thioether (sulfide) groups is 1. The molecule has 0 aliphatic rings. The standard InChI is InChI=1S/C19H22ClN3O2S/c1-3-23(4-2)16-8-5-14(18(24)11-16)12-21-22-19(25)13-26-17-9-6-15(20)7-10-17/h5-12,24H,3-4,13H2,1-2H3,(H,22,25)/b21-12-. The van der Waals surface area contributed by atoms with E-state index in [2.05, 4.69) is 29.3 Å². The van der Waals surface area contributed by atoms with E-state index < -0.39 is 0 Å². The fourth-order valence-electron chi connectivity index (χ4n) is 2.31. The molecule has 7 heteroatoms. The minimum atomic E-state index is -0.222. The summed E-state index contributed by atoms with van der Waals surface area (Å²) in [5.41, 5.74) is 3.96. The number of carbonyl (C=O) groups excluding carboxylic acids is 1. The number of hydrogen-bond acceptors (Lipinski definition) is 5. The first-order valence-electron chi connectivity index (χ1n) is 8.31. The molecule has 0 aliphatic carbocycles. The van der Waals surface area contributed by atoms with E-state index in [-0.39, 0.29) is 17.4 Å². The van der Waals surface area contributed by atoms with Crippen LogP contribution in [0.5, 0.6) is 5.75 Å². The maximum atomic E-state index is 11.8. The summed E-state index contributed by atoms with van der Waals surface area (Å²) in [6.07, 6.45) is 1.44. The number of rotatable bonds is 8. The molecule has 2 aromatic carbocycles. The number of aromatic hydroxyl groups is 1. The van der Waals surface area contributed by atoms with Crippen molar-refractivity contribution in [1.82, 2.24) is 5.43 Å². The summed E-state index contributed by atoms with van der Waals surface area (Å²) in [7, 11) is 0. The molecule has 0 aromatic heterocycles. The van der Waals surface area contributed by atoms with Crippen LogP contribution < -0.4 is 10.3 Å². The molecular weight excluding hydrogens is 370 g/mol. The molecule has 2 aromatic rings. The van der Waals surface area contributed by atoms with Crippen LogP contribution in [-0.4, -0.2) is 36.1 Å². The normalized spacial score (nSPS) is 10.9. The first-order chi connectivity index (χ1) is 12.5. The lowest BCUT2D eigenvalue weighted by Gasteiger charge is -2.21. The Morgan fingerprint density at radius 1 is 1.23 bits per heavy atom. The van der Waals surface area contributed by atoms with Crippen molar-refractivity contribution in [3.05, 3.63) is 53.1 Å². The highest BCUT2D eigenvalue weighted by atomic mass is 35.5. The predicted octanol–water partition coefficient (Wildman–Crippen LogP) is 4.13. The molecule has 0 unspecified atom stereocenters. The summed E-state index contributed by atoms with van der Waals surface area (Å²) >= 11 is 7.22. The number of hydrogen-bond donors (Lipinski definition) is 2. The van der Waals surface area contributed by atoms with Gasteiger partial charge in [-0.05, 0) is 50.2 Å². The highest BCUT2D eigenvalue weighted by Gasteiger charge is 2.06. The molecule has 138 valence electrons. The van der Waals surface area contributed by atoms with Crippen LogP contribution in [-0.2, 0) is 4.79 Å². The van der Waals surface area contributed by atoms with E-state index in [0.717, 1.165) is 23.7 Å².